The van der Waals surface area contributed by atoms with Crippen molar-refractivity contribution in [3.8, 4) is 0 Å². The smallest absolute Gasteiger partial charge is 0.243 e. The Kier molecular flexibility index (Phi) is 6.06. The monoisotopic (exact) mass is 365 g/mol. The molecule has 7 heteroatoms. The Labute approximate surface area is 150 Å². The molecule has 24 heavy (non-hydrogen) atoms. The van der Waals surface area contributed by atoms with Gasteiger partial charge in [0.25, 0.3) is 0 Å². The van der Waals surface area contributed by atoms with Crippen LogP contribution in [0.15, 0.2) is 36.4 Å². The lowest BCUT2D eigenvalue weighted by Crippen LogP contribution is -2.22. The van der Waals surface area contributed by atoms with Crippen LogP contribution in [-0.2, 0) is 9.59 Å². The van der Waals surface area contributed by atoms with E-state index in [1.807, 2.05) is 13.0 Å². The number of benzene rings is 2. The Morgan fingerprint density at radius 1 is 1.00 bits per heavy atom. The lowest BCUT2D eigenvalue weighted by Gasteiger charge is -2.14. The zero-order valence-electron chi connectivity index (χ0n) is 13.2. The highest BCUT2D eigenvalue weighted by molar-refractivity contribution is 6.36. The Morgan fingerprint density at radius 2 is 1.71 bits per heavy atom. The number of amides is 2. The lowest BCUT2D eigenvalue weighted by molar-refractivity contribution is -0.115. The summed E-state index contributed by atoms with van der Waals surface area (Å²) in [4.78, 5) is 23.2. The number of hydrogen-bond donors (Lipinski definition) is 3. The summed E-state index contributed by atoms with van der Waals surface area (Å²) >= 11 is 11.8. The number of rotatable bonds is 5. The minimum Gasteiger partial charge on any atom is -0.376 e. The van der Waals surface area contributed by atoms with E-state index in [1.165, 1.54) is 6.92 Å². The molecular formula is C17H17Cl2N3O2. The fourth-order valence-corrected chi connectivity index (χ4v) is 2.57. The van der Waals surface area contributed by atoms with E-state index in [1.54, 1.807) is 30.3 Å². The molecule has 0 atom stereocenters. The average Bonchev–Trinajstić information content (AvgIpc) is 2.50. The van der Waals surface area contributed by atoms with Crippen LogP contribution >= 0.6 is 23.2 Å². The van der Waals surface area contributed by atoms with Crippen molar-refractivity contribution < 1.29 is 9.59 Å². The van der Waals surface area contributed by atoms with Crippen LogP contribution in [0.2, 0.25) is 10.0 Å². The molecule has 2 aromatic carbocycles. The van der Waals surface area contributed by atoms with E-state index in [2.05, 4.69) is 16.0 Å². The van der Waals surface area contributed by atoms with Crippen LogP contribution in [0.4, 0.5) is 17.1 Å². The predicted octanol–water partition coefficient (Wildman–Crippen LogP) is 4.31. The third-order valence-corrected chi connectivity index (χ3v) is 3.84. The first-order valence-corrected chi connectivity index (χ1v) is 7.98. The van der Waals surface area contributed by atoms with Crippen molar-refractivity contribution in [2.24, 2.45) is 0 Å². The van der Waals surface area contributed by atoms with Crippen LogP contribution in [-0.4, -0.2) is 18.4 Å². The molecule has 2 amide bonds. The summed E-state index contributed by atoms with van der Waals surface area (Å²) in [5.41, 5.74) is 2.81. The van der Waals surface area contributed by atoms with E-state index in [9.17, 15) is 9.59 Å². The van der Waals surface area contributed by atoms with Gasteiger partial charge in [-0.3, -0.25) is 9.59 Å². The summed E-state index contributed by atoms with van der Waals surface area (Å²) in [6, 6.07) is 10.3. The second-order valence-corrected chi connectivity index (χ2v) is 6.03. The number of carbonyl (C=O) groups is 2. The molecule has 0 unspecified atom stereocenters. The van der Waals surface area contributed by atoms with Crippen LogP contribution in [0.25, 0.3) is 0 Å². The van der Waals surface area contributed by atoms with Gasteiger partial charge in [-0.1, -0.05) is 29.3 Å². The second-order valence-electron chi connectivity index (χ2n) is 5.19. The predicted molar refractivity (Wildman–Crippen MR) is 99.1 cm³/mol. The number of anilines is 3. The maximum Gasteiger partial charge on any atom is 0.243 e. The zero-order chi connectivity index (χ0) is 17.7. The summed E-state index contributed by atoms with van der Waals surface area (Å²) in [5.74, 6) is -0.395. The molecule has 0 saturated carbocycles. The minimum absolute atomic E-state index is 0.0588. The second kappa shape index (κ2) is 8.04. The first kappa shape index (κ1) is 18.1. The van der Waals surface area contributed by atoms with Gasteiger partial charge in [0.15, 0.2) is 0 Å². The normalized spacial score (nSPS) is 10.2. The molecular weight excluding hydrogens is 349 g/mol. The summed E-state index contributed by atoms with van der Waals surface area (Å²) in [5, 5.41) is 9.38. The van der Waals surface area contributed by atoms with Crippen molar-refractivity contribution in [2.45, 2.75) is 13.8 Å². The average molecular weight is 366 g/mol. The Hall–Kier alpha value is -2.24. The van der Waals surface area contributed by atoms with Crippen LogP contribution < -0.4 is 16.0 Å². The molecule has 0 bridgehead atoms. The van der Waals surface area contributed by atoms with E-state index in [-0.39, 0.29) is 18.4 Å². The molecule has 0 aliphatic rings. The number of halogens is 2. The minimum atomic E-state index is -0.247. The highest BCUT2D eigenvalue weighted by Gasteiger charge is 2.09. The van der Waals surface area contributed by atoms with Gasteiger partial charge < -0.3 is 16.0 Å². The molecule has 5 nitrogen and oxygen atoms in total. The van der Waals surface area contributed by atoms with Gasteiger partial charge in [0.1, 0.15) is 0 Å². The van der Waals surface area contributed by atoms with Gasteiger partial charge in [0.05, 0.1) is 17.3 Å². The molecule has 126 valence electrons. The number of hydrogen-bond acceptors (Lipinski definition) is 3. The summed E-state index contributed by atoms with van der Waals surface area (Å²) < 4.78 is 0. The Morgan fingerprint density at radius 3 is 2.38 bits per heavy atom. The lowest BCUT2D eigenvalue weighted by atomic mass is 10.1. The van der Waals surface area contributed by atoms with Gasteiger partial charge in [-0.05, 0) is 42.8 Å². The van der Waals surface area contributed by atoms with E-state index in [4.69, 9.17) is 23.2 Å². The molecule has 0 aliphatic carbocycles. The first-order valence-electron chi connectivity index (χ1n) is 7.23. The van der Waals surface area contributed by atoms with Crippen molar-refractivity contribution >= 4 is 52.1 Å². The van der Waals surface area contributed by atoms with Crippen molar-refractivity contribution in [1.29, 1.82) is 0 Å². The maximum absolute atomic E-state index is 12.1. The van der Waals surface area contributed by atoms with Gasteiger partial charge in [-0.15, -0.1) is 0 Å². The quantitative estimate of drug-likeness (QED) is 0.739. The number of nitrogens with one attached hydrogen (secondary N) is 3. The van der Waals surface area contributed by atoms with Crippen LogP contribution in [0.3, 0.4) is 0 Å². The SMILES string of the molecule is CC(=O)Nc1cccc(NCC(=O)Nc2ccc(Cl)cc2Cl)c1C. The van der Waals surface area contributed by atoms with Crippen molar-refractivity contribution in [2.75, 3.05) is 22.5 Å². The molecule has 0 aromatic heterocycles. The summed E-state index contributed by atoms with van der Waals surface area (Å²) in [6.07, 6.45) is 0. The molecule has 3 N–H and O–H groups in total. The van der Waals surface area contributed by atoms with E-state index in [0.29, 0.717) is 21.4 Å². The fourth-order valence-electron chi connectivity index (χ4n) is 2.11. The molecule has 0 fully saturated rings. The first-order chi connectivity index (χ1) is 11.4. The van der Waals surface area contributed by atoms with Crippen LogP contribution in [0, 0.1) is 6.92 Å². The van der Waals surface area contributed by atoms with Gasteiger partial charge in [0.2, 0.25) is 11.8 Å². The van der Waals surface area contributed by atoms with Crippen LogP contribution in [0.1, 0.15) is 12.5 Å². The number of carbonyl (C=O) groups excluding carboxylic acids is 2. The summed E-state index contributed by atoms with van der Waals surface area (Å²) in [7, 11) is 0. The maximum atomic E-state index is 12.1. The van der Waals surface area contributed by atoms with Gasteiger partial charge in [0, 0.05) is 23.3 Å². The molecule has 0 heterocycles. The third-order valence-electron chi connectivity index (χ3n) is 3.29. The highest BCUT2D eigenvalue weighted by atomic mass is 35.5. The van der Waals surface area contributed by atoms with Gasteiger partial charge >= 0.3 is 0 Å². The van der Waals surface area contributed by atoms with E-state index >= 15 is 0 Å². The zero-order valence-corrected chi connectivity index (χ0v) is 14.8. The van der Waals surface area contributed by atoms with E-state index in [0.717, 1.165) is 11.3 Å². The highest BCUT2D eigenvalue weighted by Crippen LogP contribution is 2.26. The van der Waals surface area contributed by atoms with Crippen molar-refractivity contribution in [3.63, 3.8) is 0 Å². The molecule has 2 rings (SSSR count). The van der Waals surface area contributed by atoms with Crippen molar-refractivity contribution in [1.82, 2.24) is 0 Å². The third kappa shape index (κ3) is 4.88. The molecule has 0 saturated heterocycles. The fraction of sp³-hybridized carbons (Fsp3) is 0.176. The van der Waals surface area contributed by atoms with Gasteiger partial charge in [-0.25, -0.2) is 0 Å². The largest absolute Gasteiger partial charge is 0.376 e. The molecule has 0 radical (unpaired) electrons. The standard InChI is InChI=1S/C17H17Cl2N3O2/c1-10-14(4-3-5-15(10)21-11(2)23)20-9-17(24)22-16-7-6-12(18)8-13(16)19/h3-8,20H,9H2,1-2H3,(H,21,23)(H,22,24). The molecule has 0 spiro atoms. The molecule has 0 aliphatic heterocycles. The summed E-state index contributed by atoms with van der Waals surface area (Å²) in [6.45, 7) is 3.37. The van der Waals surface area contributed by atoms with Crippen molar-refractivity contribution in [3.05, 3.63) is 52.0 Å². The Balaban J connectivity index is 2.00. The molecule has 2 aromatic rings. The Bertz CT molecular complexity index is 778. The van der Waals surface area contributed by atoms with Gasteiger partial charge in [-0.2, -0.15) is 0 Å². The topological polar surface area (TPSA) is 70.2 Å². The van der Waals surface area contributed by atoms with E-state index < -0.39 is 0 Å². The van der Waals surface area contributed by atoms with Crippen LogP contribution in [0.5, 0.6) is 0 Å².